The molecule has 2 rings (SSSR count). The first kappa shape index (κ1) is 15.5. The van der Waals surface area contributed by atoms with Crippen LogP contribution in [0, 0.1) is 0 Å². The summed E-state index contributed by atoms with van der Waals surface area (Å²) >= 11 is 9.29. The Kier molecular flexibility index (Phi) is 5.22. The van der Waals surface area contributed by atoms with Crippen LogP contribution in [0.5, 0.6) is 0 Å². The molecule has 0 saturated carbocycles. The summed E-state index contributed by atoms with van der Waals surface area (Å²) in [5.74, 6) is 0. The molecule has 0 bridgehead atoms. The number of aliphatic hydroxyl groups is 2. The van der Waals surface area contributed by atoms with Gasteiger partial charge in [0.1, 0.15) is 0 Å². The third kappa shape index (κ3) is 3.41. The van der Waals surface area contributed by atoms with E-state index < -0.39 is 5.41 Å². The van der Waals surface area contributed by atoms with Crippen LogP contribution in [0.15, 0.2) is 53.0 Å². The van der Waals surface area contributed by atoms with Crippen LogP contribution in [0.25, 0.3) is 0 Å². The second-order valence-corrected chi connectivity index (χ2v) is 6.26. The van der Waals surface area contributed by atoms with E-state index in [1.807, 2.05) is 36.4 Å². The Labute approximate surface area is 132 Å². The van der Waals surface area contributed by atoms with E-state index in [9.17, 15) is 10.2 Å². The Bertz CT molecular complexity index is 548. The molecular formula is C16H16BrClO2. The molecular weight excluding hydrogens is 340 g/mol. The van der Waals surface area contributed by atoms with Crippen molar-refractivity contribution in [3.05, 3.63) is 69.2 Å². The molecule has 2 aromatic rings. The standard InChI is InChI=1S/C16H16BrClO2/c17-14-5-1-12(2-6-14)9-16(10-19,11-20)13-3-7-15(18)8-4-13/h1-8,19-20H,9-11H2. The zero-order valence-electron chi connectivity index (χ0n) is 10.9. The zero-order valence-corrected chi connectivity index (χ0v) is 13.2. The Balaban J connectivity index is 2.33. The van der Waals surface area contributed by atoms with E-state index >= 15 is 0 Å². The van der Waals surface area contributed by atoms with Gasteiger partial charge >= 0.3 is 0 Å². The summed E-state index contributed by atoms with van der Waals surface area (Å²) in [5.41, 5.74) is 1.25. The lowest BCUT2D eigenvalue weighted by Gasteiger charge is -2.30. The van der Waals surface area contributed by atoms with Crippen LogP contribution in [0.1, 0.15) is 11.1 Å². The highest BCUT2D eigenvalue weighted by molar-refractivity contribution is 9.10. The highest BCUT2D eigenvalue weighted by atomic mass is 79.9. The lowest BCUT2D eigenvalue weighted by Crippen LogP contribution is -2.37. The molecule has 0 fully saturated rings. The number of aliphatic hydroxyl groups excluding tert-OH is 2. The minimum atomic E-state index is -0.696. The van der Waals surface area contributed by atoms with Gasteiger partial charge in [0, 0.05) is 14.9 Å². The molecule has 0 aliphatic heterocycles. The fourth-order valence-corrected chi connectivity index (χ4v) is 2.63. The highest BCUT2D eigenvalue weighted by Crippen LogP contribution is 2.29. The minimum absolute atomic E-state index is 0.124. The molecule has 0 spiro atoms. The monoisotopic (exact) mass is 354 g/mol. The van der Waals surface area contributed by atoms with E-state index in [2.05, 4.69) is 15.9 Å². The molecule has 0 radical (unpaired) electrons. The lowest BCUT2D eigenvalue weighted by molar-refractivity contribution is 0.116. The minimum Gasteiger partial charge on any atom is -0.395 e. The third-order valence-corrected chi connectivity index (χ3v) is 4.30. The second kappa shape index (κ2) is 6.72. The molecule has 0 atom stereocenters. The highest BCUT2D eigenvalue weighted by Gasteiger charge is 2.31. The van der Waals surface area contributed by atoms with Crippen molar-refractivity contribution < 1.29 is 10.2 Å². The molecule has 20 heavy (non-hydrogen) atoms. The number of benzene rings is 2. The van der Waals surface area contributed by atoms with Crippen LogP contribution in [-0.4, -0.2) is 23.4 Å². The van der Waals surface area contributed by atoms with Gasteiger partial charge in [0.25, 0.3) is 0 Å². The summed E-state index contributed by atoms with van der Waals surface area (Å²) in [7, 11) is 0. The van der Waals surface area contributed by atoms with Crippen LogP contribution < -0.4 is 0 Å². The predicted octanol–water partition coefficient (Wildman–Crippen LogP) is 3.57. The van der Waals surface area contributed by atoms with Crippen LogP contribution in [0.3, 0.4) is 0 Å². The van der Waals surface area contributed by atoms with Gasteiger partial charge in [-0.1, -0.05) is 51.8 Å². The van der Waals surface area contributed by atoms with Crippen molar-refractivity contribution in [2.75, 3.05) is 13.2 Å². The van der Waals surface area contributed by atoms with Gasteiger partial charge in [-0.3, -0.25) is 0 Å². The van der Waals surface area contributed by atoms with Gasteiger partial charge in [0.15, 0.2) is 0 Å². The van der Waals surface area contributed by atoms with Crippen molar-refractivity contribution in [3.63, 3.8) is 0 Å². The molecule has 4 heteroatoms. The normalized spacial score (nSPS) is 11.6. The first-order chi connectivity index (χ1) is 9.59. The smallest absolute Gasteiger partial charge is 0.0553 e. The van der Waals surface area contributed by atoms with Crippen LogP contribution in [0.2, 0.25) is 5.02 Å². The maximum Gasteiger partial charge on any atom is 0.0553 e. The molecule has 0 aliphatic rings. The van der Waals surface area contributed by atoms with Gasteiger partial charge in [-0.25, -0.2) is 0 Å². The number of hydrogen-bond donors (Lipinski definition) is 2. The van der Waals surface area contributed by atoms with Crippen molar-refractivity contribution in [3.8, 4) is 0 Å². The molecule has 0 aromatic heterocycles. The van der Waals surface area contributed by atoms with Gasteiger partial charge < -0.3 is 10.2 Å². The van der Waals surface area contributed by atoms with Crippen molar-refractivity contribution >= 4 is 27.5 Å². The van der Waals surface area contributed by atoms with Crippen molar-refractivity contribution in [1.82, 2.24) is 0 Å². The maximum atomic E-state index is 9.81. The number of hydrogen-bond acceptors (Lipinski definition) is 2. The molecule has 106 valence electrons. The van der Waals surface area contributed by atoms with Gasteiger partial charge in [0.05, 0.1) is 13.2 Å². The Morgan fingerprint density at radius 1 is 0.900 bits per heavy atom. The maximum absolute atomic E-state index is 9.81. The molecule has 2 aromatic carbocycles. The average Bonchev–Trinajstić information content (AvgIpc) is 2.48. The largest absolute Gasteiger partial charge is 0.395 e. The van der Waals surface area contributed by atoms with Crippen LogP contribution >= 0.6 is 27.5 Å². The van der Waals surface area contributed by atoms with E-state index in [1.165, 1.54) is 0 Å². The van der Waals surface area contributed by atoms with Gasteiger partial charge in [0.2, 0.25) is 0 Å². The van der Waals surface area contributed by atoms with Gasteiger partial charge in [-0.2, -0.15) is 0 Å². The first-order valence-corrected chi connectivity index (χ1v) is 7.49. The predicted molar refractivity (Wildman–Crippen MR) is 85.1 cm³/mol. The topological polar surface area (TPSA) is 40.5 Å². The van der Waals surface area contributed by atoms with E-state index in [1.54, 1.807) is 12.1 Å². The zero-order chi connectivity index (χ0) is 14.6. The van der Waals surface area contributed by atoms with E-state index in [0.717, 1.165) is 15.6 Å². The average molecular weight is 356 g/mol. The summed E-state index contributed by atoms with van der Waals surface area (Å²) in [5, 5.41) is 20.3. The summed E-state index contributed by atoms with van der Waals surface area (Å²) < 4.78 is 1.01. The SMILES string of the molecule is OCC(CO)(Cc1ccc(Br)cc1)c1ccc(Cl)cc1. The summed E-state index contributed by atoms with van der Waals surface area (Å²) in [6.07, 6.45) is 0.564. The van der Waals surface area contributed by atoms with Crippen molar-refractivity contribution in [2.24, 2.45) is 0 Å². The van der Waals surface area contributed by atoms with E-state index in [4.69, 9.17) is 11.6 Å². The quantitative estimate of drug-likeness (QED) is 0.861. The van der Waals surface area contributed by atoms with Crippen molar-refractivity contribution in [1.29, 1.82) is 0 Å². The molecule has 0 unspecified atom stereocenters. The molecule has 0 saturated heterocycles. The summed E-state index contributed by atoms with van der Waals surface area (Å²) in [6.45, 7) is -0.248. The third-order valence-electron chi connectivity index (χ3n) is 3.52. The second-order valence-electron chi connectivity index (χ2n) is 4.91. The summed E-state index contributed by atoms with van der Waals surface area (Å²) in [6, 6.07) is 15.1. The molecule has 0 aliphatic carbocycles. The fraction of sp³-hybridized carbons (Fsp3) is 0.250. The Morgan fingerprint density at radius 2 is 1.45 bits per heavy atom. The van der Waals surface area contributed by atoms with Gasteiger partial charge in [-0.05, 0) is 41.8 Å². The Morgan fingerprint density at radius 3 is 1.95 bits per heavy atom. The molecule has 2 nitrogen and oxygen atoms in total. The van der Waals surface area contributed by atoms with Crippen LogP contribution in [0.4, 0.5) is 0 Å². The van der Waals surface area contributed by atoms with Crippen LogP contribution in [-0.2, 0) is 11.8 Å². The summed E-state index contributed by atoms with van der Waals surface area (Å²) in [4.78, 5) is 0. The van der Waals surface area contributed by atoms with Crippen molar-refractivity contribution in [2.45, 2.75) is 11.8 Å². The Hall–Kier alpha value is -0.870. The fourth-order valence-electron chi connectivity index (χ4n) is 2.24. The van der Waals surface area contributed by atoms with E-state index in [0.29, 0.717) is 11.4 Å². The molecule has 0 heterocycles. The molecule has 2 N–H and O–H groups in total. The lowest BCUT2D eigenvalue weighted by atomic mass is 9.77. The number of rotatable bonds is 5. The van der Waals surface area contributed by atoms with E-state index in [-0.39, 0.29) is 13.2 Å². The first-order valence-electron chi connectivity index (χ1n) is 6.32. The molecule has 0 amide bonds. The van der Waals surface area contributed by atoms with Gasteiger partial charge in [-0.15, -0.1) is 0 Å². The number of halogens is 2.